The van der Waals surface area contributed by atoms with Crippen LogP contribution in [0, 0.1) is 4.77 Å². The zero-order chi connectivity index (χ0) is 21.2. The third-order valence-corrected chi connectivity index (χ3v) is 6.88. The molecular formula is C20H22N4O3S2. The van der Waals surface area contributed by atoms with Crippen LogP contribution < -0.4 is 5.32 Å². The second kappa shape index (κ2) is 8.32. The first-order valence-electron chi connectivity index (χ1n) is 8.96. The summed E-state index contributed by atoms with van der Waals surface area (Å²) in [7, 11) is -2.16. The first-order chi connectivity index (χ1) is 13.7. The number of imidazole rings is 1. The van der Waals surface area contributed by atoms with Crippen LogP contribution in [-0.4, -0.2) is 41.3 Å². The summed E-state index contributed by atoms with van der Waals surface area (Å²) in [4.78, 5) is 15.7. The van der Waals surface area contributed by atoms with Crippen LogP contribution >= 0.6 is 12.2 Å². The Morgan fingerprint density at radius 2 is 1.90 bits per heavy atom. The molecule has 3 aromatic rings. The standard InChI is InChI=1S/C20H22N4O3S2/c1-14(2)23(3)29(26,27)18-9-4-6-15(12-18)19(25)22-16-7-5-8-17(13-16)24-11-10-21-20(24)28/h4-14H,1-3H3,(H,21,28)(H,22,25). The van der Waals surface area contributed by atoms with Gasteiger partial charge in [-0.15, -0.1) is 0 Å². The number of hydrogen-bond acceptors (Lipinski definition) is 4. The topological polar surface area (TPSA) is 87.2 Å². The number of aromatic amines is 1. The quantitative estimate of drug-likeness (QED) is 0.582. The van der Waals surface area contributed by atoms with Crippen LogP contribution in [0.4, 0.5) is 5.69 Å². The van der Waals surface area contributed by atoms with Gasteiger partial charge in [0.1, 0.15) is 0 Å². The van der Waals surface area contributed by atoms with Crippen LogP contribution in [0.25, 0.3) is 5.69 Å². The van der Waals surface area contributed by atoms with Crippen LogP contribution in [0.2, 0.25) is 0 Å². The van der Waals surface area contributed by atoms with Crippen molar-refractivity contribution < 1.29 is 13.2 Å². The van der Waals surface area contributed by atoms with Crippen molar-refractivity contribution in [2.24, 2.45) is 0 Å². The summed E-state index contributed by atoms with van der Waals surface area (Å²) in [5.41, 5.74) is 1.62. The predicted octanol–water partition coefficient (Wildman–Crippen LogP) is 3.82. The Morgan fingerprint density at radius 3 is 2.55 bits per heavy atom. The molecule has 0 aliphatic heterocycles. The molecule has 0 radical (unpaired) electrons. The predicted molar refractivity (Wildman–Crippen MR) is 115 cm³/mol. The van der Waals surface area contributed by atoms with Crippen molar-refractivity contribution in [1.29, 1.82) is 0 Å². The van der Waals surface area contributed by atoms with Crippen LogP contribution in [0.3, 0.4) is 0 Å². The van der Waals surface area contributed by atoms with E-state index < -0.39 is 15.9 Å². The third-order valence-electron chi connectivity index (χ3n) is 4.53. The maximum atomic E-state index is 12.7. The normalized spacial score (nSPS) is 11.8. The number of rotatable bonds is 6. The van der Waals surface area contributed by atoms with E-state index in [9.17, 15) is 13.2 Å². The molecule has 1 aromatic heterocycles. The van der Waals surface area contributed by atoms with E-state index in [2.05, 4.69) is 10.3 Å². The summed E-state index contributed by atoms with van der Waals surface area (Å²) in [6, 6.07) is 13.0. The maximum absolute atomic E-state index is 12.7. The lowest BCUT2D eigenvalue weighted by Crippen LogP contribution is -2.33. The molecule has 2 aromatic carbocycles. The van der Waals surface area contributed by atoms with Crippen molar-refractivity contribution in [2.45, 2.75) is 24.8 Å². The van der Waals surface area contributed by atoms with Gasteiger partial charge in [0, 0.05) is 42.4 Å². The summed E-state index contributed by atoms with van der Waals surface area (Å²) in [5.74, 6) is -0.399. The largest absolute Gasteiger partial charge is 0.337 e. The zero-order valence-electron chi connectivity index (χ0n) is 16.3. The summed E-state index contributed by atoms with van der Waals surface area (Å²) < 4.78 is 29.0. The van der Waals surface area contributed by atoms with Crippen molar-refractivity contribution in [1.82, 2.24) is 13.9 Å². The van der Waals surface area contributed by atoms with Gasteiger partial charge < -0.3 is 10.3 Å². The fraction of sp³-hybridized carbons (Fsp3) is 0.200. The molecule has 2 N–H and O–H groups in total. The highest BCUT2D eigenvalue weighted by atomic mass is 32.2. The van der Waals surface area contributed by atoms with E-state index in [4.69, 9.17) is 12.2 Å². The van der Waals surface area contributed by atoms with Gasteiger partial charge in [-0.25, -0.2) is 8.42 Å². The molecule has 0 aliphatic rings. The number of hydrogen-bond donors (Lipinski definition) is 2. The molecule has 3 rings (SSSR count). The van der Waals surface area contributed by atoms with Gasteiger partial charge in [0.05, 0.1) is 4.90 Å². The lowest BCUT2D eigenvalue weighted by atomic mass is 10.2. The van der Waals surface area contributed by atoms with Gasteiger partial charge in [-0.3, -0.25) is 9.36 Å². The SMILES string of the molecule is CC(C)N(C)S(=O)(=O)c1cccc(C(=O)Nc2cccc(-n3cc[nH]c3=S)c2)c1. The highest BCUT2D eigenvalue weighted by Gasteiger charge is 2.24. The van der Waals surface area contributed by atoms with E-state index in [0.29, 0.717) is 10.5 Å². The second-order valence-corrected chi connectivity index (χ2v) is 9.17. The molecule has 0 bridgehead atoms. The van der Waals surface area contributed by atoms with Gasteiger partial charge in [-0.05, 0) is 62.5 Å². The van der Waals surface area contributed by atoms with E-state index in [1.54, 1.807) is 61.1 Å². The molecule has 9 heteroatoms. The average molecular weight is 431 g/mol. The Labute approximate surface area is 175 Å². The van der Waals surface area contributed by atoms with Crippen LogP contribution in [0.1, 0.15) is 24.2 Å². The van der Waals surface area contributed by atoms with E-state index >= 15 is 0 Å². The summed E-state index contributed by atoms with van der Waals surface area (Å²) >= 11 is 5.22. The molecule has 0 unspecified atom stereocenters. The number of anilines is 1. The van der Waals surface area contributed by atoms with Crippen molar-refractivity contribution >= 4 is 33.8 Å². The molecule has 1 amide bonds. The Kier molecular flexibility index (Phi) is 6.02. The Bertz CT molecular complexity index is 1200. The van der Waals surface area contributed by atoms with Gasteiger partial charge >= 0.3 is 0 Å². The number of carbonyl (C=O) groups is 1. The molecule has 0 atom stereocenters. The number of carbonyl (C=O) groups excluding carboxylic acids is 1. The number of nitrogens with zero attached hydrogens (tertiary/aromatic N) is 2. The molecule has 7 nitrogen and oxygen atoms in total. The number of H-pyrrole nitrogens is 1. The van der Waals surface area contributed by atoms with Gasteiger partial charge in [0.15, 0.2) is 4.77 Å². The number of benzene rings is 2. The monoisotopic (exact) mass is 430 g/mol. The summed E-state index contributed by atoms with van der Waals surface area (Å²) in [5, 5.41) is 2.81. The van der Waals surface area contributed by atoms with E-state index in [1.165, 1.54) is 23.5 Å². The summed E-state index contributed by atoms with van der Waals surface area (Å²) in [6.45, 7) is 3.58. The Hall–Kier alpha value is -2.75. The van der Waals surface area contributed by atoms with Crippen molar-refractivity contribution in [3.05, 3.63) is 71.3 Å². The molecule has 0 saturated carbocycles. The number of nitrogens with one attached hydrogen (secondary N) is 2. The van der Waals surface area contributed by atoms with Crippen LogP contribution in [-0.2, 0) is 10.0 Å². The smallest absolute Gasteiger partial charge is 0.255 e. The van der Waals surface area contributed by atoms with Gasteiger partial charge in [-0.1, -0.05) is 12.1 Å². The number of aromatic nitrogens is 2. The molecule has 152 valence electrons. The van der Waals surface area contributed by atoms with Crippen molar-refractivity contribution in [2.75, 3.05) is 12.4 Å². The maximum Gasteiger partial charge on any atom is 0.255 e. The molecule has 29 heavy (non-hydrogen) atoms. The van der Waals surface area contributed by atoms with Gasteiger partial charge in [0.25, 0.3) is 5.91 Å². The van der Waals surface area contributed by atoms with Crippen LogP contribution in [0.5, 0.6) is 0 Å². The van der Waals surface area contributed by atoms with Crippen LogP contribution in [0.15, 0.2) is 65.8 Å². The van der Waals surface area contributed by atoms with Gasteiger partial charge in [-0.2, -0.15) is 4.31 Å². The fourth-order valence-electron chi connectivity index (χ4n) is 2.70. The lowest BCUT2D eigenvalue weighted by molar-refractivity contribution is 0.102. The van der Waals surface area contributed by atoms with Crippen molar-refractivity contribution in [3.8, 4) is 5.69 Å². The first kappa shape index (κ1) is 21.0. The molecule has 0 aliphatic carbocycles. The Balaban J connectivity index is 1.86. The van der Waals surface area contributed by atoms with Gasteiger partial charge in [0.2, 0.25) is 10.0 Å². The minimum Gasteiger partial charge on any atom is -0.337 e. The average Bonchev–Trinajstić information content (AvgIpc) is 3.13. The highest BCUT2D eigenvalue weighted by molar-refractivity contribution is 7.89. The van der Waals surface area contributed by atoms with E-state index in [0.717, 1.165) is 5.69 Å². The van der Waals surface area contributed by atoms with E-state index in [1.807, 2.05) is 6.07 Å². The zero-order valence-corrected chi connectivity index (χ0v) is 17.9. The third kappa shape index (κ3) is 4.47. The first-order valence-corrected chi connectivity index (χ1v) is 10.8. The number of amides is 1. The van der Waals surface area contributed by atoms with Crippen molar-refractivity contribution in [3.63, 3.8) is 0 Å². The molecule has 0 saturated heterocycles. The minimum absolute atomic E-state index is 0.0775. The second-order valence-electron chi connectivity index (χ2n) is 6.78. The molecule has 0 fully saturated rings. The fourth-order valence-corrected chi connectivity index (χ4v) is 4.35. The van der Waals surface area contributed by atoms with E-state index in [-0.39, 0.29) is 16.5 Å². The molecule has 0 spiro atoms. The molecule has 1 heterocycles. The lowest BCUT2D eigenvalue weighted by Gasteiger charge is -2.21. The number of sulfonamides is 1. The minimum atomic E-state index is -3.67. The summed E-state index contributed by atoms with van der Waals surface area (Å²) in [6.07, 6.45) is 3.52. The highest BCUT2D eigenvalue weighted by Crippen LogP contribution is 2.20. The molecular weight excluding hydrogens is 408 g/mol. The Morgan fingerprint density at radius 1 is 1.17 bits per heavy atom.